The van der Waals surface area contributed by atoms with E-state index in [-0.39, 0.29) is 35.3 Å². The second-order valence-electron chi connectivity index (χ2n) is 7.62. The Bertz CT molecular complexity index is 1240. The smallest absolute Gasteiger partial charge is 0.324 e. The maximum atomic E-state index is 15.3. The molecule has 2 aromatic heterocycles. The average Bonchev–Trinajstić information content (AvgIpc) is 3.21. The number of anilines is 2. The molecule has 0 radical (unpaired) electrons. The average molecular weight is 487 g/mol. The van der Waals surface area contributed by atoms with Crippen molar-refractivity contribution in [3.63, 3.8) is 0 Å². The molecule has 0 amide bonds. The summed E-state index contributed by atoms with van der Waals surface area (Å²) in [5, 5.41) is 3.00. The van der Waals surface area contributed by atoms with Crippen molar-refractivity contribution in [3.05, 3.63) is 52.9 Å². The lowest BCUT2D eigenvalue weighted by atomic mass is 10.0. The van der Waals surface area contributed by atoms with Crippen molar-refractivity contribution in [1.29, 1.82) is 0 Å². The van der Waals surface area contributed by atoms with Crippen LogP contribution in [0.15, 0.2) is 36.7 Å². The fraction of sp³-hybridized carbons (Fsp3) is 0.350. The Labute approximate surface area is 185 Å². The van der Waals surface area contributed by atoms with Gasteiger partial charge in [0.2, 0.25) is 5.95 Å². The molecule has 1 aromatic carbocycles. The second-order valence-corrected chi connectivity index (χ2v) is 11.0. The first-order valence-electron chi connectivity index (χ1n) is 9.59. The van der Waals surface area contributed by atoms with Gasteiger partial charge in [-0.2, -0.15) is 13.2 Å². The summed E-state index contributed by atoms with van der Waals surface area (Å²) in [6.45, 7) is 1.81. The van der Waals surface area contributed by atoms with Gasteiger partial charge in [-0.25, -0.2) is 27.8 Å². The first kappa shape index (κ1) is 22.6. The summed E-state index contributed by atoms with van der Waals surface area (Å²) in [6, 6.07) is 6.03. The molecule has 12 heteroatoms. The minimum atomic E-state index is -4.59. The normalized spacial score (nSPS) is 17.8. The van der Waals surface area contributed by atoms with Gasteiger partial charge in [0, 0.05) is 30.9 Å². The van der Waals surface area contributed by atoms with Crippen molar-refractivity contribution in [2.75, 3.05) is 16.8 Å². The zero-order valence-corrected chi connectivity index (χ0v) is 18.4. The summed E-state index contributed by atoms with van der Waals surface area (Å²) in [7, 11) is -3.21. The van der Waals surface area contributed by atoms with Gasteiger partial charge in [0.15, 0.2) is 15.5 Å². The fourth-order valence-corrected chi connectivity index (χ4v) is 5.91. The molecular weight excluding hydrogens is 468 g/mol. The highest BCUT2D eigenvalue weighted by molar-refractivity contribution is 7.91. The molecule has 0 aliphatic carbocycles. The van der Waals surface area contributed by atoms with Crippen LogP contribution in [0.3, 0.4) is 0 Å². The number of hydrogen-bond donors (Lipinski definition) is 1. The lowest BCUT2D eigenvalue weighted by Gasteiger charge is -2.27. The van der Waals surface area contributed by atoms with E-state index in [9.17, 15) is 21.6 Å². The van der Waals surface area contributed by atoms with Crippen LogP contribution in [-0.4, -0.2) is 34.9 Å². The number of thiazole rings is 1. The van der Waals surface area contributed by atoms with Gasteiger partial charge in [0.05, 0.1) is 16.4 Å². The van der Waals surface area contributed by atoms with Crippen molar-refractivity contribution in [1.82, 2.24) is 15.0 Å². The first-order valence-corrected chi connectivity index (χ1v) is 12.2. The zero-order valence-electron chi connectivity index (χ0n) is 16.8. The van der Waals surface area contributed by atoms with Crippen LogP contribution < -0.4 is 5.32 Å². The van der Waals surface area contributed by atoms with Gasteiger partial charge in [-0.05, 0) is 36.2 Å². The molecule has 3 aromatic rings. The summed E-state index contributed by atoms with van der Waals surface area (Å²) in [4.78, 5) is 12.2. The van der Waals surface area contributed by atoms with E-state index >= 15 is 4.39 Å². The molecule has 1 aliphatic rings. The Morgan fingerprint density at radius 1 is 1.12 bits per heavy atom. The van der Waals surface area contributed by atoms with E-state index in [2.05, 4.69) is 20.3 Å². The molecule has 0 atom stereocenters. The van der Waals surface area contributed by atoms with Gasteiger partial charge >= 0.3 is 6.18 Å². The second kappa shape index (κ2) is 8.07. The maximum Gasteiger partial charge on any atom is 0.433 e. The van der Waals surface area contributed by atoms with Crippen molar-refractivity contribution in [2.45, 2.75) is 31.6 Å². The molecular formula is C20H18F4N4O2S2. The number of aryl methyl sites for hydroxylation is 1. The van der Waals surface area contributed by atoms with Crippen LogP contribution in [0, 0.1) is 6.92 Å². The van der Waals surface area contributed by atoms with Gasteiger partial charge in [-0.3, -0.25) is 0 Å². The third kappa shape index (κ3) is 4.90. The van der Waals surface area contributed by atoms with Crippen molar-refractivity contribution in [3.8, 4) is 10.4 Å². The Hall–Kier alpha value is -2.60. The van der Waals surface area contributed by atoms with Crippen LogP contribution >= 0.6 is 11.3 Å². The van der Waals surface area contributed by atoms with Crippen LogP contribution in [0.25, 0.3) is 10.4 Å². The molecule has 0 spiro atoms. The standard InChI is InChI=1S/C20H18F4N4O2S2/c1-12-8-13(10-14(9-12)27-18-25-5-2-16(28-18)20(22,23)24)15-11-26-17(31-15)19(21)3-6-32(29,30)7-4-19/h2,5,8-11H,3-4,6-7H2,1H3,(H,25,27,28). The molecule has 0 bridgehead atoms. The Morgan fingerprint density at radius 3 is 2.53 bits per heavy atom. The number of benzene rings is 1. The van der Waals surface area contributed by atoms with E-state index in [0.717, 1.165) is 29.2 Å². The van der Waals surface area contributed by atoms with Crippen LogP contribution in [0.1, 0.15) is 29.1 Å². The number of alkyl halides is 4. The van der Waals surface area contributed by atoms with Gasteiger partial charge in [-0.1, -0.05) is 6.07 Å². The van der Waals surface area contributed by atoms with Gasteiger partial charge in [-0.15, -0.1) is 11.3 Å². The zero-order chi connectivity index (χ0) is 23.1. The highest BCUT2D eigenvalue weighted by Gasteiger charge is 2.41. The topological polar surface area (TPSA) is 84.8 Å². The number of nitrogens with one attached hydrogen (secondary N) is 1. The first-order chi connectivity index (χ1) is 14.9. The lowest BCUT2D eigenvalue weighted by molar-refractivity contribution is -0.141. The molecule has 32 heavy (non-hydrogen) atoms. The number of rotatable bonds is 4. The summed E-state index contributed by atoms with van der Waals surface area (Å²) in [6.07, 6.45) is -2.30. The molecule has 170 valence electrons. The van der Waals surface area contributed by atoms with E-state index in [1.165, 1.54) is 6.20 Å². The summed E-state index contributed by atoms with van der Waals surface area (Å²) in [5.41, 5.74) is -0.878. The van der Waals surface area contributed by atoms with Crippen molar-refractivity contribution >= 4 is 32.8 Å². The lowest BCUT2D eigenvalue weighted by Crippen LogP contribution is -2.33. The quantitative estimate of drug-likeness (QED) is 0.520. The molecule has 0 saturated carbocycles. The van der Waals surface area contributed by atoms with E-state index in [0.29, 0.717) is 16.1 Å². The number of halogens is 4. The SMILES string of the molecule is Cc1cc(Nc2nccc(C(F)(F)F)n2)cc(-c2cnc(C3(F)CCS(=O)(=O)CC3)s2)c1. The van der Waals surface area contributed by atoms with Crippen molar-refractivity contribution in [2.24, 2.45) is 0 Å². The van der Waals surface area contributed by atoms with Crippen LogP contribution in [0.2, 0.25) is 0 Å². The van der Waals surface area contributed by atoms with Crippen LogP contribution in [0.4, 0.5) is 29.2 Å². The molecule has 1 fully saturated rings. The predicted octanol–water partition coefficient (Wildman–Crippen LogP) is 5.04. The fourth-order valence-electron chi connectivity index (χ4n) is 3.39. The highest BCUT2D eigenvalue weighted by atomic mass is 32.2. The summed E-state index contributed by atoms with van der Waals surface area (Å²) >= 11 is 1.13. The van der Waals surface area contributed by atoms with Crippen LogP contribution in [-0.2, 0) is 21.7 Å². The number of nitrogens with zero attached hydrogens (tertiary/aromatic N) is 3. The Balaban J connectivity index is 1.59. The van der Waals surface area contributed by atoms with E-state index in [4.69, 9.17) is 0 Å². The van der Waals surface area contributed by atoms with Crippen LogP contribution in [0.5, 0.6) is 0 Å². The predicted molar refractivity (Wildman–Crippen MR) is 113 cm³/mol. The van der Waals surface area contributed by atoms with Gasteiger partial charge in [0.1, 0.15) is 10.7 Å². The highest BCUT2D eigenvalue weighted by Crippen LogP contribution is 2.42. The Morgan fingerprint density at radius 2 is 1.84 bits per heavy atom. The molecule has 3 heterocycles. The molecule has 4 rings (SSSR count). The maximum absolute atomic E-state index is 15.3. The Kier molecular flexibility index (Phi) is 5.70. The third-order valence-corrected chi connectivity index (χ3v) is 7.95. The number of aromatic nitrogens is 3. The molecule has 1 N–H and O–H groups in total. The molecule has 6 nitrogen and oxygen atoms in total. The molecule has 1 aliphatic heterocycles. The van der Waals surface area contributed by atoms with E-state index in [1.54, 1.807) is 12.1 Å². The summed E-state index contributed by atoms with van der Waals surface area (Å²) in [5.74, 6) is -0.630. The minimum absolute atomic E-state index is 0.129. The summed E-state index contributed by atoms with van der Waals surface area (Å²) < 4.78 is 77.3. The largest absolute Gasteiger partial charge is 0.433 e. The van der Waals surface area contributed by atoms with E-state index in [1.807, 2.05) is 13.0 Å². The van der Waals surface area contributed by atoms with Gasteiger partial charge < -0.3 is 5.32 Å². The van der Waals surface area contributed by atoms with Gasteiger partial charge in [0.25, 0.3) is 0 Å². The number of sulfone groups is 1. The molecule has 0 unspecified atom stereocenters. The van der Waals surface area contributed by atoms with E-state index < -0.39 is 27.4 Å². The third-order valence-electron chi connectivity index (χ3n) is 5.07. The monoisotopic (exact) mass is 486 g/mol. The number of hydrogen-bond acceptors (Lipinski definition) is 7. The minimum Gasteiger partial charge on any atom is -0.324 e. The van der Waals surface area contributed by atoms with Crippen molar-refractivity contribution < 1.29 is 26.0 Å². The molecule has 1 saturated heterocycles.